The van der Waals surface area contributed by atoms with Crippen molar-refractivity contribution in [2.45, 2.75) is 0 Å². The van der Waals surface area contributed by atoms with Gasteiger partial charge in [0.25, 0.3) is 0 Å². The van der Waals surface area contributed by atoms with Gasteiger partial charge in [-0.3, -0.25) is 4.40 Å². The number of benzene rings is 1. The molecular formula is C15H11BrN2O3. The molecule has 0 amide bonds. The van der Waals surface area contributed by atoms with Gasteiger partial charge in [-0.25, -0.2) is 9.78 Å². The van der Waals surface area contributed by atoms with Crippen LogP contribution < -0.4 is 4.74 Å². The van der Waals surface area contributed by atoms with Crippen LogP contribution in [0.15, 0.2) is 47.1 Å². The molecule has 106 valence electrons. The van der Waals surface area contributed by atoms with Crippen LogP contribution in [0.3, 0.4) is 0 Å². The number of aromatic carboxylic acids is 1. The van der Waals surface area contributed by atoms with Crippen molar-refractivity contribution >= 4 is 27.4 Å². The summed E-state index contributed by atoms with van der Waals surface area (Å²) in [5, 5.41) is 9.37. The molecule has 0 aliphatic rings. The van der Waals surface area contributed by atoms with E-state index in [4.69, 9.17) is 4.74 Å². The number of nitrogens with zero attached hydrogens (tertiary/aromatic N) is 2. The molecule has 0 fully saturated rings. The first-order valence-electron chi connectivity index (χ1n) is 6.16. The fraction of sp³-hybridized carbons (Fsp3) is 0.0667. The van der Waals surface area contributed by atoms with Gasteiger partial charge in [0.1, 0.15) is 11.6 Å². The summed E-state index contributed by atoms with van der Waals surface area (Å²) < 4.78 is 7.75. The van der Waals surface area contributed by atoms with Crippen molar-refractivity contribution in [2.24, 2.45) is 0 Å². The first-order valence-corrected chi connectivity index (χ1v) is 6.96. The van der Waals surface area contributed by atoms with Gasteiger partial charge in [0.15, 0.2) is 5.69 Å². The summed E-state index contributed by atoms with van der Waals surface area (Å²) >= 11 is 3.38. The summed E-state index contributed by atoms with van der Waals surface area (Å²) in [7, 11) is 1.57. The Hall–Kier alpha value is -2.34. The Bertz CT molecular complexity index is 842. The van der Waals surface area contributed by atoms with Crippen molar-refractivity contribution in [3.8, 4) is 17.1 Å². The van der Waals surface area contributed by atoms with Gasteiger partial charge in [0.05, 0.1) is 18.2 Å². The third-order valence-electron chi connectivity index (χ3n) is 3.17. The van der Waals surface area contributed by atoms with E-state index in [9.17, 15) is 9.90 Å². The SMILES string of the molecule is COc1ccccc1-c1nc(C(=O)O)c2c(Br)cccn12. The molecule has 0 saturated heterocycles. The lowest BCUT2D eigenvalue weighted by atomic mass is 10.2. The standard InChI is InChI=1S/C15H11BrN2O3/c1-21-11-7-3-2-5-9(11)14-17-12(15(19)20)13-10(16)6-4-8-18(13)14/h2-8H,1H3,(H,19,20). The Morgan fingerprint density at radius 1 is 1.29 bits per heavy atom. The number of imidazole rings is 1. The summed E-state index contributed by atoms with van der Waals surface area (Å²) in [4.78, 5) is 15.7. The van der Waals surface area contributed by atoms with Gasteiger partial charge in [-0.2, -0.15) is 0 Å². The highest BCUT2D eigenvalue weighted by atomic mass is 79.9. The molecule has 1 aromatic carbocycles. The number of fused-ring (bicyclic) bond motifs is 1. The van der Waals surface area contributed by atoms with Crippen molar-refractivity contribution in [3.63, 3.8) is 0 Å². The van der Waals surface area contributed by atoms with Crippen molar-refractivity contribution in [1.82, 2.24) is 9.38 Å². The molecule has 3 aromatic rings. The Morgan fingerprint density at radius 2 is 2.05 bits per heavy atom. The molecule has 6 heteroatoms. The molecule has 0 aliphatic heterocycles. The van der Waals surface area contributed by atoms with Crippen LogP contribution in [0.2, 0.25) is 0 Å². The molecule has 0 unspecified atom stereocenters. The normalized spacial score (nSPS) is 10.8. The van der Waals surface area contributed by atoms with E-state index >= 15 is 0 Å². The maximum Gasteiger partial charge on any atom is 0.356 e. The van der Waals surface area contributed by atoms with Crippen LogP contribution in [0, 0.1) is 0 Å². The van der Waals surface area contributed by atoms with Gasteiger partial charge in [-0.1, -0.05) is 12.1 Å². The van der Waals surface area contributed by atoms with Crippen molar-refractivity contribution in [3.05, 3.63) is 52.8 Å². The first-order chi connectivity index (χ1) is 10.1. The number of aromatic nitrogens is 2. The van der Waals surface area contributed by atoms with Gasteiger partial charge in [-0.15, -0.1) is 0 Å². The van der Waals surface area contributed by atoms with Crippen LogP contribution in [0.5, 0.6) is 5.75 Å². The van der Waals surface area contributed by atoms with Crippen LogP contribution in [-0.4, -0.2) is 27.6 Å². The number of rotatable bonds is 3. The number of carboxylic acids is 1. The number of ether oxygens (including phenoxy) is 1. The quantitative estimate of drug-likeness (QED) is 0.788. The monoisotopic (exact) mass is 346 g/mol. The third kappa shape index (κ3) is 2.17. The molecule has 3 rings (SSSR count). The number of carbonyl (C=O) groups is 1. The first kappa shape index (κ1) is 13.6. The van der Waals surface area contributed by atoms with Crippen LogP contribution in [0.25, 0.3) is 16.9 Å². The van der Waals surface area contributed by atoms with Crippen LogP contribution in [0.4, 0.5) is 0 Å². The smallest absolute Gasteiger partial charge is 0.356 e. The number of para-hydroxylation sites is 1. The maximum atomic E-state index is 11.4. The highest BCUT2D eigenvalue weighted by Gasteiger charge is 2.21. The predicted molar refractivity (Wildman–Crippen MR) is 81.8 cm³/mol. The molecule has 21 heavy (non-hydrogen) atoms. The molecule has 0 spiro atoms. The lowest BCUT2D eigenvalue weighted by Crippen LogP contribution is -1.97. The minimum atomic E-state index is -1.07. The maximum absolute atomic E-state index is 11.4. The summed E-state index contributed by atoms with van der Waals surface area (Å²) in [6.07, 6.45) is 1.78. The van der Waals surface area contributed by atoms with E-state index in [0.29, 0.717) is 21.6 Å². The van der Waals surface area contributed by atoms with Gasteiger partial charge in [0.2, 0.25) is 0 Å². The molecule has 0 saturated carbocycles. The average Bonchev–Trinajstić information content (AvgIpc) is 2.88. The van der Waals surface area contributed by atoms with E-state index in [1.54, 1.807) is 23.8 Å². The summed E-state index contributed by atoms with van der Waals surface area (Å²) in [5.41, 5.74) is 1.26. The van der Waals surface area contributed by atoms with Gasteiger partial charge < -0.3 is 9.84 Å². The number of carboxylic acid groups (broad SMARTS) is 1. The minimum absolute atomic E-state index is 0.00313. The van der Waals surface area contributed by atoms with Crippen LogP contribution >= 0.6 is 15.9 Å². The largest absolute Gasteiger partial charge is 0.496 e. The van der Waals surface area contributed by atoms with E-state index in [1.165, 1.54) is 0 Å². The molecular weight excluding hydrogens is 336 g/mol. The zero-order valence-corrected chi connectivity index (χ0v) is 12.7. The molecule has 0 radical (unpaired) electrons. The highest BCUT2D eigenvalue weighted by Crippen LogP contribution is 2.32. The number of halogens is 1. The molecule has 2 aromatic heterocycles. The Morgan fingerprint density at radius 3 is 2.76 bits per heavy atom. The zero-order chi connectivity index (χ0) is 15.0. The van der Waals surface area contributed by atoms with Crippen LogP contribution in [0.1, 0.15) is 10.5 Å². The number of methoxy groups -OCH3 is 1. The van der Waals surface area contributed by atoms with E-state index in [0.717, 1.165) is 5.56 Å². The second kappa shape index (κ2) is 5.21. The molecule has 2 heterocycles. The van der Waals surface area contributed by atoms with E-state index in [1.807, 2.05) is 30.3 Å². The predicted octanol–water partition coefficient (Wildman–Crippen LogP) is 3.47. The van der Waals surface area contributed by atoms with Gasteiger partial charge in [0, 0.05) is 10.7 Å². The fourth-order valence-corrected chi connectivity index (χ4v) is 2.80. The zero-order valence-electron chi connectivity index (χ0n) is 11.1. The highest BCUT2D eigenvalue weighted by molar-refractivity contribution is 9.10. The van der Waals surface area contributed by atoms with Crippen molar-refractivity contribution in [1.29, 1.82) is 0 Å². The topological polar surface area (TPSA) is 63.8 Å². The summed E-state index contributed by atoms with van der Waals surface area (Å²) in [5.74, 6) is 0.100. The molecule has 0 aliphatic carbocycles. The molecule has 0 bridgehead atoms. The molecule has 0 atom stereocenters. The Labute approximate surface area is 128 Å². The number of pyridine rings is 1. The van der Waals surface area contributed by atoms with E-state index in [2.05, 4.69) is 20.9 Å². The number of hydrogen-bond donors (Lipinski definition) is 1. The van der Waals surface area contributed by atoms with Crippen LogP contribution in [-0.2, 0) is 0 Å². The fourth-order valence-electron chi connectivity index (χ4n) is 2.27. The van der Waals surface area contributed by atoms with Crippen molar-refractivity contribution in [2.75, 3.05) is 7.11 Å². The third-order valence-corrected chi connectivity index (χ3v) is 3.81. The van der Waals surface area contributed by atoms with Gasteiger partial charge >= 0.3 is 5.97 Å². The lowest BCUT2D eigenvalue weighted by Gasteiger charge is -2.07. The second-order valence-corrected chi connectivity index (χ2v) is 5.22. The van der Waals surface area contributed by atoms with Gasteiger partial charge in [-0.05, 0) is 40.2 Å². The molecule has 1 N–H and O–H groups in total. The van der Waals surface area contributed by atoms with E-state index < -0.39 is 5.97 Å². The molecule has 5 nitrogen and oxygen atoms in total. The Kier molecular flexibility index (Phi) is 3.39. The lowest BCUT2D eigenvalue weighted by molar-refractivity contribution is 0.0693. The Balaban J connectivity index is 2.39. The summed E-state index contributed by atoms with van der Waals surface area (Å²) in [6.45, 7) is 0. The van der Waals surface area contributed by atoms with Crippen molar-refractivity contribution < 1.29 is 14.6 Å². The summed E-state index contributed by atoms with van der Waals surface area (Å²) in [6, 6.07) is 11.0. The average molecular weight is 347 g/mol. The van der Waals surface area contributed by atoms with E-state index in [-0.39, 0.29) is 5.69 Å². The second-order valence-electron chi connectivity index (χ2n) is 4.36. The number of hydrogen-bond acceptors (Lipinski definition) is 3. The minimum Gasteiger partial charge on any atom is -0.496 e.